The predicted octanol–water partition coefficient (Wildman–Crippen LogP) is 1.11. The maximum absolute atomic E-state index is 12.4. The Kier molecular flexibility index (Phi) is 3.65. The van der Waals surface area contributed by atoms with E-state index in [1.165, 1.54) is 15.7 Å². The number of pyridine rings is 1. The first-order valence-corrected chi connectivity index (χ1v) is 7.15. The van der Waals surface area contributed by atoms with Crippen LogP contribution in [0.4, 0.5) is 4.79 Å². The van der Waals surface area contributed by atoms with E-state index in [0.29, 0.717) is 23.5 Å². The average Bonchev–Trinajstić information content (AvgIpc) is 2.85. The minimum absolute atomic E-state index is 0.385. The Labute approximate surface area is 132 Å². The van der Waals surface area contributed by atoms with Crippen LogP contribution in [-0.4, -0.2) is 48.6 Å². The van der Waals surface area contributed by atoms with E-state index in [0.717, 1.165) is 10.1 Å². The number of carbonyl (C=O) groups excluding carboxylic acids is 1. The lowest BCUT2D eigenvalue weighted by Crippen LogP contribution is -2.37. The highest BCUT2D eigenvalue weighted by Crippen LogP contribution is 2.16. The molecule has 0 fully saturated rings. The molecule has 0 aliphatic heterocycles. The van der Waals surface area contributed by atoms with Gasteiger partial charge in [-0.3, -0.25) is 9.55 Å². The Morgan fingerprint density at radius 1 is 1.35 bits per heavy atom. The van der Waals surface area contributed by atoms with E-state index in [-0.39, 0.29) is 0 Å². The molecule has 118 valence electrons. The number of carbonyl (C=O) groups is 1. The van der Waals surface area contributed by atoms with Crippen LogP contribution < -0.4 is 5.69 Å². The molecular weight excluding hydrogens is 296 g/mol. The largest absolute Gasteiger partial charge is 0.338 e. The third-order valence-corrected chi connectivity index (χ3v) is 3.70. The summed E-state index contributed by atoms with van der Waals surface area (Å²) in [6.07, 6.45) is 4.80. The van der Waals surface area contributed by atoms with Crippen molar-refractivity contribution < 1.29 is 4.79 Å². The number of rotatable bonds is 2. The molecule has 0 aliphatic rings. The molecular formula is C15H16N6O2. The minimum Gasteiger partial charge on any atom is -0.327 e. The molecule has 3 aromatic rings. The van der Waals surface area contributed by atoms with E-state index in [1.807, 2.05) is 13.0 Å². The van der Waals surface area contributed by atoms with Crippen molar-refractivity contribution in [2.75, 3.05) is 13.6 Å². The zero-order chi connectivity index (χ0) is 16.6. The normalized spacial score (nSPS) is 10.9. The van der Waals surface area contributed by atoms with Gasteiger partial charge in [-0.1, -0.05) is 0 Å². The molecule has 0 bridgehead atoms. The van der Waals surface area contributed by atoms with Gasteiger partial charge in [0.1, 0.15) is 5.52 Å². The van der Waals surface area contributed by atoms with Gasteiger partial charge in [0.05, 0.1) is 6.20 Å². The lowest BCUT2D eigenvalue weighted by Gasteiger charge is -2.14. The highest BCUT2D eigenvalue weighted by Gasteiger charge is 2.21. The Balaban J connectivity index is 2.21. The van der Waals surface area contributed by atoms with Crippen LogP contribution in [0.15, 0.2) is 35.5 Å². The summed E-state index contributed by atoms with van der Waals surface area (Å²) in [5.74, 6) is 0.453. The number of aryl methyl sites for hydroxylation is 1. The quantitative estimate of drug-likeness (QED) is 0.707. The molecule has 0 saturated heterocycles. The summed E-state index contributed by atoms with van der Waals surface area (Å²) in [5, 5.41) is 0. The molecule has 8 nitrogen and oxygen atoms in total. The topological polar surface area (TPSA) is 85.9 Å². The molecule has 0 spiro atoms. The van der Waals surface area contributed by atoms with Gasteiger partial charge in [-0.2, -0.15) is 0 Å². The fraction of sp³-hybridized carbons (Fsp3) is 0.267. The fourth-order valence-corrected chi connectivity index (χ4v) is 2.24. The van der Waals surface area contributed by atoms with Gasteiger partial charge in [-0.15, -0.1) is 0 Å². The molecule has 0 radical (unpaired) electrons. The zero-order valence-corrected chi connectivity index (χ0v) is 13.1. The maximum atomic E-state index is 12.4. The lowest BCUT2D eigenvalue weighted by molar-refractivity contribution is 0.212. The van der Waals surface area contributed by atoms with Gasteiger partial charge in [-0.05, 0) is 19.1 Å². The van der Waals surface area contributed by atoms with Crippen LogP contribution >= 0.6 is 0 Å². The molecule has 1 amide bonds. The second-order valence-electron chi connectivity index (χ2n) is 5.12. The van der Waals surface area contributed by atoms with Crippen molar-refractivity contribution in [3.63, 3.8) is 0 Å². The van der Waals surface area contributed by atoms with Crippen LogP contribution in [0.5, 0.6) is 0 Å². The van der Waals surface area contributed by atoms with Crippen LogP contribution in [0, 0.1) is 0 Å². The smallest absolute Gasteiger partial charge is 0.327 e. The molecule has 23 heavy (non-hydrogen) atoms. The first-order valence-electron chi connectivity index (χ1n) is 7.15. The third kappa shape index (κ3) is 2.37. The van der Waals surface area contributed by atoms with E-state index in [2.05, 4.69) is 15.0 Å². The van der Waals surface area contributed by atoms with Gasteiger partial charge in [0.25, 0.3) is 0 Å². The van der Waals surface area contributed by atoms with Crippen molar-refractivity contribution in [2.24, 2.45) is 7.05 Å². The first kappa shape index (κ1) is 14.9. The monoisotopic (exact) mass is 312 g/mol. The van der Waals surface area contributed by atoms with Gasteiger partial charge in [0.15, 0.2) is 11.5 Å². The SMILES string of the molecule is CCN(C)C(=O)n1c(=O)n(C)c2nc(-c3cccnc3)ncc21. The van der Waals surface area contributed by atoms with E-state index in [4.69, 9.17) is 0 Å². The molecule has 0 unspecified atom stereocenters. The number of amides is 1. The van der Waals surface area contributed by atoms with Crippen LogP contribution in [0.25, 0.3) is 22.6 Å². The number of hydrogen-bond donors (Lipinski definition) is 0. The van der Waals surface area contributed by atoms with Gasteiger partial charge in [0, 0.05) is 38.6 Å². The van der Waals surface area contributed by atoms with E-state index >= 15 is 0 Å². The van der Waals surface area contributed by atoms with E-state index < -0.39 is 11.7 Å². The van der Waals surface area contributed by atoms with Gasteiger partial charge in [0.2, 0.25) is 0 Å². The van der Waals surface area contributed by atoms with Crippen molar-refractivity contribution in [2.45, 2.75) is 6.92 Å². The number of fused-ring (bicyclic) bond motifs is 1. The Morgan fingerprint density at radius 2 is 2.13 bits per heavy atom. The van der Waals surface area contributed by atoms with Crippen LogP contribution in [0.3, 0.4) is 0 Å². The number of nitrogens with zero attached hydrogens (tertiary/aromatic N) is 6. The Bertz CT molecular complexity index is 928. The van der Waals surface area contributed by atoms with Crippen LogP contribution in [0.1, 0.15) is 6.92 Å². The van der Waals surface area contributed by atoms with Crippen LogP contribution in [-0.2, 0) is 7.05 Å². The van der Waals surface area contributed by atoms with Crippen molar-refractivity contribution in [1.82, 2.24) is 29.0 Å². The minimum atomic E-state index is -0.442. The highest BCUT2D eigenvalue weighted by molar-refractivity contribution is 5.88. The van der Waals surface area contributed by atoms with Gasteiger partial charge >= 0.3 is 11.7 Å². The Hall–Kier alpha value is -3.03. The molecule has 0 saturated carbocycles. The average molecular weight is 312 g/mol. The fourth-order valence-electron chi connectivity index (χ4n) is 2.24. The highest BCUT2D eigenvalue weighted by atomic mass is 16.2. The maximum Gasteiger partial charge on any atom is 0.338 e. The molecule has 0 aromatic carbocycles. The van der Waals surface area contributed by atoms with Gasteiger partial charge < -0.3 is 4.90 Å². The molecule has 3 aromatic heterocycles. The van der Waals surface area contributed by atoms with Crippen molar-refractivity contribution in [1.29, 1.82) is 0 Å². The summed E-state index contributed by atoms with van der Waals surface area (Å²) in [7, 11) is 3.22. The lowest BCUT2D eigenvalue weighted by atomic mass is 10.3. The summed E-state index contributed by atoms with van der Waals surface area (Å²) in [4.78, 5) is 39.0. The van der Waals surface area contributed by atoms with E-state index in [9.17, 15) is 9.59 Å². The summed E-state index contributed by atoms with van der Waals surface area (Å²) >= 11 is 0. The Morgan fingerprint density at radius 3 is 2.78 bits per heavy atom. The zero-order valence-electron chi connectivity index (χ0n) is 13.1. The van der Waals surface area contributed by atoms with Crippen molar-refractivity contribution in [3.8, 4) is 11.4 Å². The number of aromatic nitrogens is 5. The first-order chi connectivity index (χ1) is 11.0. The van der Waals surface area contributed by atoms with Crippen molar-refractivity contribution in [3.05, 3.63) is 41.2 Å². The second kappa shape index (κ2) is 5.64. The second-order valence-corrected chi connectivity index (χ2v) is 5.12. The summed E-state index contributed by atoms with van der Waals surface area (Å²) in [6, 6.07) is 3.22. The predicted molar refractivity (Wildman–Crippen MR) is 85.1 cm³/mol. The van der Waals surface area contributed by atoms with Crippen LogP contribution in [0.2, 0.25) is 0 Å². The molecule has 3 rings (SSSR count). The third-order valence-electron chi connectivity index (χ3n) is 3.70. The molecule has 8 heteroatoms. The summed E-state index contributed by atoms with van der Waals surface area (Å²) in [6.45, 7) is 2.33. The molecule has 0 N–H and O–H groups in total. The standard InChI is InChI=1S/C15H16N6O2/c1-4-19(2)14(22)21-11-9-17-12(10-6-5-7-16-8-10)18-13(11)20(3)15(21)23/h5-9H,4H2,1-3H3. The molecule has 3 heterocycles. The number of imidazole rings is 1. The number of hydrogen-bond acceptors (Lipinski definition) is 5. The summed E-state index contributed by atoms with van der Waals surface area (Å²) < 4.78 is 2.43. The van der Waals surface area contributed by atoms with E-state index in [1.54, 1.807) is 32.6 Å². The molecule has 0 aliphatic carbocycles. The van der Waals surface area contributed by atoms with Crippen molar-refractivity contribution >= 4 is 17.2 Å². The van der Waals surface area contributed by atoms with Gasteiger partial charge in [-0.25, -0.2) is 24.1 Å². The molecule has 0 atom stereocenters. The summed E-state index contributed by atoms with van der Waals surface area (Å²) in [5.41, 5.74) is 1.09.